The molecule has 0 fully saturated rings. The van der Waals surface area contributed by atoms with E-state index in [-0.39, 0.29) is 11.7 Å². The van der Waals surface area contributed by atoms with Gasteiger partial charge in [-0.15, -0.1) is 11.3 Å². The van der Waals surface area contributed by atoms with Crippen molar-refractivity contribution in [3.8, 4) is 0 Å². The minimum Gasteiger partial charge on any atom is -0.317 e. The van der Waals surface area contributed by atoms with Gasteiger partial charge in [0.05, 0.1) is 17.7 Å². The van der Waals surface area contributed by atoms with Gasteiger partial charge in [0, 0.05) is 11.1 Å². The first kappa shape index (κ1) is 11.6. The van der Waals surface area contributed by atoms with Crippen LogP contribution in [0.4, 0.5) is 0 Å². The number of Topliss-reactive ketones (excluding diaryl/α,β-unsaturated/α-hetero) is 1. The van der Waals surface area contributed by atoms with Crippen molar-refractivity contribution in [2.75, 3.05) is 0 Å². The number of carbonyl (C=O) groups excluding carboxylic acids is 1. The number of fused-ring (bicyclic) bond motifs is 1. The lowest BCUT2D eigenvalue weighted by molar-refractivity contribution is -0.121. The zero-order valence-corrected chi connectivity index (χ0v) is 10.7. The molecule has 0 saturated heterocycles. The molecule has 18 heavy (non-hydrogen) atoms. The van der Waals surface area contributed by atoms with E-state index in [9.17, 15) is 4.79 Å². The summed E-state index contributed by atoms with van der Waals surface area (Å²) in [5.74, 6) is -0.0341. The first-order valence-electron chi connectivity index (χ1n) is 6.04. The van der Waals surface area contributed by atoms with Crippen LogP contribution in [-0.4, -0.2) is 10.8 Å². The summed E-state index contributed by atoms with van der Waals surface area (Å²) >= 11 is 1.53. The van der Waals surface area contributed by atoms with Gasteiger partial charge < -0.3 is 5.73 Å². The third-order valence-electron chi connectivity index (χ3n) is 3.46. The quantitative estimate of drug-likeness (QED) is 0.920. The Morgan fingerprint density at radius 1 is 1.44 bits per heavy atom. The minimum absolute atomic E-state index is 0.0925. The third-order valence-corrected chi connectivity index (χ3v) is 4.41. The van der Waals surface area contributed by atoms with Crippen LogP contribution in [0.25, 0.3) is 0 Å². The molecule has 92 valence electrons. The minimum atomic E-state index is -0.511. The Kier molecular flexibility index (Phi) is 2.97. The first-order chi connectivity index (χ1) is 8.77. The number of hydrogen-bond donors (Lipinski definition) is 1. The summed E-state index contributed by atoms with van der Waals surface area (Å²) in [5, 5.41) is 1.95. The Hall–Kier alpha value is -1.52. The number of aryl methyl sites for hydroxylation is 1. The van der Waals surface area contributed by atoms with Crippen molar-refractivity contribution in [1.29, 1.82) is 0 Å². The monoisotopic (exact) mass is 258 g/mol. The van der Waals surface area contributed by atoms with Gasteiger partial charge in [0.15, 0.2) is 5.78 Å². The second kappa shape index (κ2) is 4.63. The van der Waals surface area contributed by atoms with Gasteiger partial charge in [-0.1, -0.05) is 12.1 Å². The molecule has 0 spiro atoms. The summed E-state index contributed by atoms with van der Waals surface area (Å²) in [6.45, 7) is 0. The normalized spacial score (nSPS) is 19.5. The molecule has 0 bridgehead atoms. The molecule has 2 N–H and O–H groups in total. The Morgan fingerprint density at radius 2 is 2.33 bits per heavy atom. The number of hydrogen-bond acceptors (Lipinski definition) is 4. The molecule has 2 aromatic rings. The maximum atomic E-state index is 12.4. The molecule has 1 aliphatic rings. The van der Waals surface area contributed by atoms with E-state index in [1.54, 1.807) is 6.20 Å². The Labute approximate surface area is 110 Å². The van der Waals surface area contributed by atoms with E-state index in [4.69, 9.17) is 5.73 Å². The van der Waals surface area contributed by atoms with Gasteiger partial charge in [0.1, 0.15) is 0 Å². The number of thiophene rings is 1. The third kappa shape index (κ3) is 1.87. The summed E-state index contributed by atoms with van der Waals surface area (Å²) < 4.78 is 0. The van der Waals surface area contributed by atoms with Crippen molar-refractivity contribution in [1.82, 2.24) is 4.98 Å². The van der Waals surface area contributed by atoms with Gasteiger partial charge in [0.2, 0.25) is 0 Å². The maximum absolute atomic E-state index is 12.4. The van der Waals surface area contributed by atoms with Crippen LogP contribution in [0.15, 0.2) is 35.8 Å². The van der Waals surface area contributed by atoms with E-state index in [1.165, 1.54) is 16.9 Å². The highest BCUT2D eigenvalue weighted by Crippen LogP contribution is 2.35. The van der Waals surface area contributed by atoms with Crippen LogP contribution in [0, 0.1) is 0 Å². The van der Waals surface area contributed by atoms with Gasteiger partial charge >= 0.3 is 0 Å². The average molecular weight is 258 g/mol. The fraction of sp³-hybridized carbons (Fsp3) is 0.286. The molecule has 4 heteroatoms. The highest BCUT2D eigenvalue weighted by atomic mass is 32.1. The molecule has 0 amide bonds. The highest BCUT2D eigenvalue weighted by molar-refractivity contribution is 7.10. The summed E-state index contributed by atoms with van der Waals surface area (Å²) in [6.07, 6.45) is 3.52. The van der Waals surface area contributed by atoms with Gasteiger partial charge in [-0.2, -0.15) is 0 Å². The summed E-state index contributed by atoms with van der Waals surface area (Å²) in [6, 6.07) is 7.30. The second-order valence-electron chi connectivity index (χ2n) is 4.53. The zero-order chi connectivity index (χ0) is 12.5. The van der Waals surface area contributed by atoms with Crippen LogP contribution in [0.3, 0.4) is 0 Å². The number of carbonyl (C=O) groups is 1. The number of aromatic nitrogens is 1. The van der Waals surface area contributed by atoms with Crippen molar-refractivity contribution in [3.05, 3.63) is 52.0 Å². The van der Waals surface area contributed by atoms with E-state index >= 15 is 0 Å². The number of ketones is 1. The second-order valence-corrected chi connectivity index (χ2v) is 5.51. The van der Waals surface area contributed by atoms with Crippen LogP contribution in [0.1, 0.15) is 34.5 Å². The molecule has 3 rings (SSSR count). The van der Waals surface area contributed by atoms with E-state index in [1.807, 2.05) is 29.6 Å². The van der Waals surface area contributed by atoms with Gasteiger partial charge in [0.25, 0.3) is 0 Å². The maximum Gasteiger partial charge on any atom is 0.163 e. The Bertz CT molecular complexity index is 565. The zero-order valence-electron chi connectivity index (χ0n) is 9.87. The van der Waals surface area contributed by atoms with Crippen molar-refractivity contribution in [2.45, 2.75) is 24.8 Å². The summed E-state index contributed by atoms with van der Waals surface area (Å²) in [7, 11) is 0. The number of nitrogens with zero attached hydrogens (tertiary/aromatic N) is 1. The van der Waals surface area contributed by atoms with Crippen molar-refractivity contribution >= 4 is 17.1 Å². The first-order valence-corrected chi connectivity index (χ1v) is 6.92. The summed E-state index contributed by atoms with van der Waals surface area (Å²) in [5.41, 5.74) is 8.17. The number of nitrogens with two attached hydrogens (primary N) is 1. The Balaban J connectivity index is 1.87. The topological polar surface area (TPSA) is 56.0 Å². The van der Waals surface area contributed by atoms with E-state index < -0.39 is 6.04 Å². The molecule has 0 aliphatic heterocycles. The molecule has 0 saturated carbocycles. The van der Waals surface area contributed by atoms with Crippen LogP contribution in [-0.2, 0) is 11.2 Å². The average Bonchev–Trinajstić information content (AvgIpc) is 3.06. The number of pyridine rings is 1. The molecule has 2 aromatic heterocycles. The molecule has 3 nitrogen and oxygen atoms in total. The van der Waals surface area contributed by atoms with Crippen LogP contribution < -0.4 is 5.73 Å². The summed E-state index contributed by atoms with van der Waals surface area (Å²) in [4.78, 5) is 17.7. The molecular formula is C14H14N2OS. The van der Waals surface area contributed by atoms with Gasteiger partial charge in [-0.25, -0.2) is 0 Å². The predicted molar refractivity (Wildman–Crippen MR) is 71.6 cm³/mol. The lowest BCUT2D eigenvalue weighted by atomic mass is 9.95. The van der Waals surface area contributed by atoms with Crippen LogP contribution in [0.2, 0.25) is 0 Å². The lowest BCUT2D eigenvalue weighted by Crippen LogP contribution is -2.25. The van der Waals surface area contributed by atoms with Gasteiger partial charge in [-0.3, -0.25) is 9.78 Å². The lowest BCUT2D eigenvalue weighted by Gasteiger charge is -2.14. The molecule has 0 aromatic carbocycles. The van der Waals surface area contributed by atoms with E-state index in [0.29, 0.717) is 0 Å². The molecule has 0 radical (unpaired) electrons. The molecule has 1 aliphatic carbocycles. The van der Waals surface area contributed by atoms with Crippen molar-refractivity contribution in [2.24, 2.45) is 5.73 Å². The fourth-order valence-corrected chi connectivity index (χ4v) is 3.25. The van der Waals surface area contributed by atoms with Gasteiger partial charge in [-0.05, 0) is 35.9 Å². The predicted octanol–water partition coefficient (Wildman–Crippen LogP) is 2.44. The smallest absolute Gasteiger partial charge is 0.163 e. The Morgan fingerprint density at radius 3 is 3.11 bits per heavy atom. The molecule has 2 unspecified atom stereocenters. The molecule has 2 heterocycles. The fourth-order valence-electron chi connectivity index (χ4n) is 2.51. The molecule has 2 atom stereocenters. The van der Waals surface area contributed by atoms with Crippen molar-refractivity contribution < 1.29 is 4.79 Å². The standard InChI is InChI=1S/C14H14N2OS/c15-12(11-4-2-8-18-11)14(17)10-6-5-9-3-1-7-16-13(9)10/h1-4,7-8,10,12H,5-6,15H2. The van der Waals surface area contributed by atoms with Crippen LogP contribution in [0.5, 0.6) is 0 Å². The van der Waals surface area contributed by atoms with E-state index in [2.05, 4.69) is 4.98 Å². The SMILES string of the molecule is NC(C(=O)C1CCc2cccnc21)c1cccs1. The number of rotatable bonds is 3. The highest BCUT2D eigenvalue weighted by Gasteiger charge is 2.33. The van der Waals surface area contributed by atoms with E-state index in [0.717, 1.165) is 23.4 Å². The van der Waals surface area contributed by atoms with Crippen LogP contribution >= 0.6 is 11.3 Å². The largest absolute Gasteiger partial charge is 0.317 e. The molecular weight excluding hydrogens is 244 g/mol. The van der Waals surface area contributed by atoms with Crippen molar-refractivity contribution in [3.63, 3.8) is 0 Å².